The number of oxazole rings is 1. The summed E-state index contributed by atoms with van der Waals surface area (Å²) in [6.45, 7) is 0.243. The molecule has 0 aliphatic carbocycles. The van der Waals surface area contributed by atoms with Crippen molar-refractivity contribution in [2.24, 2.45) is 0 Å². The molecule has 25 heavy (non-hydrogen) atoms. The van der Waals surface area contributed by atoms with Gasteiger partial charge in [-0.2, -0.15) is 0 Å². The van der Waals surface area contributed by atoms with Crippen LogP contribution in [0.1, 0.15) is 10.5 Å². The van der Waals surface area contributed by atoms with Gasteiger partial charge >= 0.3 is 11.7 Å². The number of aromatic nitrogens is 2. The van der Waals surface area contributed by atoms with E-state index < -0.39 is 11.7 Å². The number of hydrogen-bond acceptors (Lipinski definition) is 7. The van der Waals surface area contributed by atoms with E-state index in [0.717, 1.165) is 0 Å². The van der Waals surface area contributed by atoms with Gasteiger partial charge in [-0.3, -0.25) is 4.57 Å². The van der Waals surface area contributed by atoms with Crippen molar-refractivity contribution in [3.63, 3.8) is 0 Å². The lowest BCUT2D eigenvalue weighted by Crippen LogP contribution is -2.19. The van der Waals surface area contributed by atoms with Crippen LogP contribution in [0.2, 0.25) is 0 Å². The molecule has 0 aliphatic rings. The Balaban J connectivity index is 1.42. The maximum atomic E-state index is 12.1. The quantitative estimate of drug-likeness (QED) is 0.511. The predicted molar refractivity (Wildman–Crippen MR) is 90.6 cm³/mol. The van der Waals surface area contributed by atoms with Crippen LogP contribution in [0.25, 0.3) is 21.9 Å². The molecule has 0 aliphatic heterocycles. The molecule has 7 nitrogen and oxygen atoms in total. The van der Waals surface area contributed by atoms with Crippen LogP contribution < -0.4 is 5.76 Å². The molecule has 126 valence electrons. The monoisotopic (exact) mass is 356 g/mol. The summed E-state index contributed by atoms with van der Waals surface area (Å²) >= 11 is 1.30. The van der Waals surface area contributed by atoms with Gasteiger partial charge in [-0.05, 0) is 24.3 Å². The lowest BCUT2D eigenvalue weighted by molar-refractivity contribution is 0.0484. The molecule has 0 fully saturated rings. The number of benzene rings is 1. The van der Waals surface area contributed by atoms with Crippen LogP contribution in [-0.2, 0) is 11.3 Å². The first-order valence-electron chi connectivity index (χ1n) is 7.47. The number of nitrogens with zero attached hydrogens (tertiary/aromatic N) is 2. The Morgan fingerprint density at radius 2 is 2.12 bits per heavy atom. The molecule has 0 saturated heterocycles. The summed E-state index contributed by atoms with van der Waals surface area (Å²) in [5, 5.41) is 2.22. The van der Waals surface area contributed by atoms with Gasteiger partial charge in [0.25, 0.3) is 0 Å². The van der Waals surface area contributed by atoms with Crippen LogP contribution in [0.3, 0.4) is 0 Å². The second kappa shape index (κ2) is 6.40. The number of fused-ring (bicyclic) bond motifs is 1. The molecule has 0 saturated carbocycles. The summed E-state index contributed by atoms with van der Waals surface area (Å²) in [5.74, 6) is -0.429. The van der Waals surface area contributed by atoms with Gasteiger partial charge < -0.3 is 13.6 Å². The van der Waals surface area contributed by atoms with Crippen LogP contribution in [-0.4, -0.2) is 22.1 Å². The van der Waals surface area contributed by atoms with E-state index in [4.69, 9.17) is 13.6 Å². The molecule has 4 aromatic rings. The SMILES string of the molecule is O=C(OCCn1c(=O)oc2ccccc21)c1csc(-c2ccco2)n1. The molecular formula is C17H12N2O5S. The minimum atomic E-state index is -0.546. The number of carbonyl (C=O) groups is 1. The number of rotatable bonds is 5. The van der Waals surface area contributed by atoms with E-state index in [1.807, 2.05) is 6.07 Å². The molecule has 0 unspecified atom stereocenters. The van der Waals surface area contributed by atoms with Crippen LogP contribution in [0, 0.1) is 0 Å². The van der Waals surface area contributed by atoms with Crippen molar-refractivity contribution in [2.75, 3.05) is 6.61 Å². The first kappa shape index (κ1) is 15.4. The van der Waals surface area contributed by atoms with Gasteiger partial charge in [0.2, 0.25) is 0 Å². The smallest absolute Gasteiger partial charge is 0.420 e. The van der Waals surface area contributed by atoms with Crippen LogP contribution >= 0.6 is 11.3 Å². The molecule has 8 heteroatoms. The second-order valence-corrected chi connectivity index (χ2v) is 6.00. The topological polar surface area (TPSA) is 87.5 Å². The summed E-state index contributed by atoms with van der Waals surface area (Å²) in [4.78, 5) is 28.1. The highest BCUT2D eigenvalue weighted by molar-refractivity contribution is 7.13. The largest absolute Gasteiger partial charge is 0.462 e. The number of furan rings is 1. The van der Waals surface area contributed by atoms with Crippen LogP contribution in [0.15, 0.2) is 61.7 Å². The molecule has 0 atom stereocenters. The molecule has 3 aromatic heterocycles. The number of hydrogen-bond donors (Lipinski definition) is 0. The Morgan fingerprint density at radius 3 is 2.96 bits per heavy atom. The van der Waals surface area contributed by atoms with Gasteiger partial charge in [-0.25, -0.2) is 14.6 Å². The molecule has 0 spiro atoms. The van der Waals surface area contributed by atoms with Crippen LogP contribution in [0.5, 0.6) is 0 Å². The fraction of sp³-hybridized carbons (Fsp3) is 0.118. The predicted octanol–water partition coefficient (Wildman–Crippen LogP) is 3.17. The van der Waals surface area contributed by atoms with Crippen molar-refractivity contribution < 1.29 is 18.4 Å². The minimum absolute atomic E-state index is 0.0376. The van der Waals surface area contributed by atoms with Crippen molar-refractivity contribution in [1.82, 2.24) is 9.55 Å². The number of carbonyl (C=O) groups excluding carboxylic acids is 1. The maximum Gasteiger partial charge on any atom is 0.420 e. The average molecular weight is 356 g/mol. The van der Waals surface area contributed by atoms with Crippen molar-refractivity contribution in [3.8, 4) is 10.8 Å². The lowest BCUT2D eigenvalue weighted by atomic mass is 10.3. The minimum Gasteiger partial charge on any atom is -0.462 e. The second-order valence-electron chi connectivity index (χ2n) is 5.14. The van der Waals surface area contributed by atoms with Crippen molar-refractivity contribution in [2.45, 2.75) is 6.54 Å². The first-order chi connectivity index (χ1) is 12.2. The standard InChI is InChI=1S/C17H12N2O5S/c20-16(11-10-25-15(18-11)14-6-3-8-22-14)23-9-7-19-12-4-1-2-5-13(12)24-17(19)21/h1-6,8,10H,7,9H2. The fourth-order valence-electron chi connectivity index (χ4n) is 2.41. The van der Waals surface area contributed by atoms with E-state index in [-0.39, 0.29) is 18.8 Å². The van der Waals surface area contributed by atoms with Gasteiger partial charge in [-0.15, -0.1) is 11.3 Å². The third-order valence-electron chi connectivity index (χ3n) is 3.57. The summed E-state index contributed by atoms with van der Waals surface area (Å²) in [6, 6.07) is 10.6. The molecule has 1 aromatic carbocycles. The van der Waals surface area contributed by atoms with Gasteiger partial charge in [0.05, 0.1) is 18.3 Å². The number of para-hydroxylation sites is 2. The number of esters is 1. The Bertz CT molecular complexity index is 1070. The lowest BCUT2D eigenvalue weighted by Gasteiger charge is -2.03. The zero-order chi connectivity index (χ0) is 17.2. The Kier molecular flexibility index (Phi) is 3.95. The number of thiazole rings is 1. The highest BCUT2D eigenvalue weighted by Crippen LogP contribution is 2.24. The maximum absolute atomic E-state index is 12.1. The van der Waals surface area contributed by atoms with Crippen LogP contribution in [0.4, 0.5) is 0 Å². The molecule has 0 bridgehead atoms. The normalized spacial score (nSPS) is 11.0. The zero-order valence-electron chi connectivity index (χ0n) is 12.9. The highest BCUT2D eigenvalue weighted by Gasteiger charge is 2.15. The van der Waals surface area contributed by atoms with Gasteiger partial charge in [0.1, 0.15) is 6.61 Å². The Morgan fingerprint density at radius 1 is 1.24 bits per heavy atom. The van der Waals surface area contributed by atoms with Crippen molar-refractivity contribution >= 4 is 28.4 Å². The van der Waals surface area contributed by atoms with Gasteiger partial charge in [0.15, 0.2) is 22.0 Å². The summed E-state index contributed by atoms with van der Waals surface area (Å²) in [5.41, 5.74) is 1.37. The van der Waals surface area contributed by atoms with E-state index >= 15 is 0 Å². The third-order valence-corrected chi connectivity index (χ3v) is 4.42. The van der Waals surface area contributed by atoms with E-state index in [1.165, 1.54) is 15.9 Å². The van der Waals surface area contributed by atoms with E-state index in [9.17, 15) is 9.59 Å². The van der Waals surface area contributed by atoms with Crippen molar-refractivity contribution in [3.05, 3.63) is 64.3 Å². The summed E-state index contributed by atoms with van der Waals surface area (Å²) in [6.07, 6.45) is 1.54. The molecule has 4 rings (SSSR count). The Hall–Kier alpha value is -3.13. The Labute approximate surface area is 145 Å². The summed E-state index contributed by atoms with van der Waals surface area (Å²) < 4.78 is 17.0. The van der Waals surface area contributed by atoms with E-state index in [1.54, 1.807) is 42.0 Å². The molecule has 0 amide bonds. The average Bonchev–Trinajstić information content (AvgIpc) is 3.34. The summed E-state index contributed by atoms with van der Waals surface area (Å²) in [7, 11) is 0. The van der Waals surface area contributed by atoms with Gasteiger partial charge in [0, 0.05) is 5.38 Å². The molecule has 3 heterocycles. The van der Waals surface area contributed by atoms with Crippen molar-refractivity contribution in [1.29, 1.82) is 0 Å². The first-order valence-corrected chi connectivity index (χ1v) is 8.35. The number of ether oxygens (including phenoxy) is 1. The van der Waals surface area contributed by atoms with Gasteiger partial charge in [-0.1, -0.05) is 12.1 Å². The third kappa shape index (κ3) is 2.99. The highest BCUT2D eigenvalue weighted by atomic mass is 32.1. The molecule has 0 radical (unpaired) electrons. The molecule has 0 N–H and O–H groups in total. The molecular weight excluding hydrogens is 344 g/mol. The fourth-order valence-corrected chi connectivity index (χ4v) is 3.17. The zero-order valence-corrected chi connectivity index (χ0v) is 13.7. The van der Waals surface area contributed by atoms with E-state index in [2.05, 4.69) is 4.98 Å². The van der Waals surface area contributed by atoms with E-state index in [0.29, 0.717) is 21.9 Å².